The molecule has 4 heterocycles. The number of anilines is 3. The van der Waals surface area contributed by atoms with Crippen molar-refractivity contribution in [2.24, 2.45) is 0 Å². The van der Waals surface area contributed by atoms with Crippen LogP contribution in [0.3, 0.4) is 0 Å². The highest BCUT2D eigenvalue weighted by atomic mass is 19.4. The third-order valence-electron chi connectivity index (χ3n) is 6.83. The lowest BCUT2D eigenvalue weighted by atomic mass is 9.96. The van der Waals surface area contributed by atoms with Crippen LogP contribution in [0.25, 0.3) is 22.2 Å². The number of hydrogen-bond acceptors (Lipinski definition) is 6. The summed E-state index contributed by atoms with van der Waals surface area (Å²) < 4.78 is 54.8. The molecule has 1 saturated heterocycles. The molecule has 3 N–H and O–H groups in total. The first kappa shape index (κ1) is 25.7. The minimum atomic E-state index is -4.49. The maximum atomic E-state index is 14.9. The number of nitrogens with zero attached hydrogens (tertiary/aromatic N) is 3. The van der Waals surface area contributed by atoms with E-state index in [1.807, 2.05) is 6.07 Å². The van der Waals surface area contributed by atoms with Crippen LogP contribution in [0.5, 0.6) is 0 Å². The molecular formula is C27H25F4N5O2. The Bertz CT molecular complexity index is 1510. The number of aliphatic hydroxyl groups is 1. The number of pyridine rings is 3. The van der Waals surface area contributed by atoms with Crippen molar-refractivity contribution < 1.29 is 22.7 Å². The van der Waals surface area contributed by atoms with Crippen LogP contribution in [0.15, 0.2) is 59.7 Å². The molecule has 0 bridgehead atoms. The highest BCUT2D eigenvalue weighted by molar-refractivity contribution is 5.94. The summed E-state index contributed by atoms with van der Waals surface area (Å²) in [7, 11) is 0. The molecule has 1 unspecified atom stereocenters. The van der Waals surface area contributed by atoms with Crippen molar-refractivity contribution >= 4 is 28.1 Å². The summed E-state index contributed by atoms with van der Waals surface area (Å²) in [5, 5.41) is 13.0. The lowest BCUT2D eigenvalue weighted by Gasteiger charge is -2.31. The second-order valence-corrected chi connectivity index (χ2v) is 9.37. The van der Waals surface area contributed by atoms with Gasteiger partial charge in [0.15, 0.2) is 0 Å². The normalized spacial score (nSPS) is 15.6. The summed E-state index contributed by atoms with van der Waals surface area (Å²) >= 11 is 0. The van der Waals surface area contributed by atoms with Crippen molar-refractivity contribution in [2.45, 2.75) is 38.0 Å². The number of hydrogen-bond donors (Lipinski definition) is 3. The van der Waals surface area contributed by atoms with Crippen LogP contribution in [0.4, 0.5) is 34.8 Å². The number of aromatic nitrogens is 3. The van der Waals surface area contributed by atoms with Gasteiger partial charge in [0.1, 0.15) is 11.6 Å². The lowest BCUT2D eigenvalue weighted by molar-refractivity contribution is -0.146. The van der Waals surface area contributed by atoms with Gasteiger partial charge >= 0.3 is 6.18 Å². The molecule has 0 saturated carbocycles. The fourth-order valence-corrected chi connectivity index (χ4v) is 4.54. The van der Waals surface area contributed by atoms with E-state index in [4.69, 9.17) is 0 Å². The average molecular weight is 528 g/mol. The number of benzene rings is 1. The highest BCUT2D eigenvalue weighted by Crippen LogP contribution is 2.37. The third kappa shape index (κ3) is 5.19. The predicted octanol–water partition coefficient (Wildman–Crippen LogP) is 5.49. The van der Waals surface area contributed by atoms with E-state index in [1.54, 1.807) is 12.3 Å². The molecule has 0 radical (unpaired) electrons. The zero-order valence-corrected chi connectivity index (χ0v) is 20.4. The smallest absolute Gasteiger partial charge is 0.393 e. The molecule has 11 heteroatoms. The Labute approximate surface area is 215 Å². The lowest BCUT2D eigenvalue weighted by Crippen LogP contribution is -2.35. The number of fused-ring (bicyclic) bond motifs is 1. The van der Waals surface area contributed by atoms with Gasteiger partial charge in [0.2, 0.25) is 0 Å². The first-order valence-corrected chi connectivity index (χ1v) is 12.1. The van der Waals surface area contributed by atoms with Gasteiger partial charge in [-0.05, 0) is 61.7 Å². The number of alkyl halides is 3. The summed E-state index contributed by atoms with van der Waals surface area (Å²) in [4.78, 5) is 26.2. The summed E-state index contributed by atoms with van der Waals surface area (Å²) in [6, 6.07) is 9.80. The second kappa shape index (κ2) is 10.1. The molecule has 1 aromatic carbocycles. The van der Waals surface area contributed by atoms with E-state index in [2.05, 4.69) is 25.2 Å². The van der Waals surface area contributed by atoms with Gasteiger partial charge in [0, 0.05) is 24.8 Å². The summed E-state index contributed by atoms with van der Waals surface area (Å²) in [5.41, 5.74) is 0.833. The first-order valence-electron chi connectivity index (χ1n) is 12.1. The molecule has 0 aliphatic carbocycles. The van der Waals surface area contributed by atoms with Gasteiger partial charge in [-0.15, -0.1) is 0 Å². The van der Waals surface area contributed by atoms with Gasteiger partial charge < -0.3 is 20.3 Å². The molecule has 1 aliphatic rings. The van der Waals surface area contributed by atoms with E-state index in [1.165, 1.54) is 18.3 Å². The fraction of sp³-hybridized carbons (Fsp3) is 0.296. The Balaban J connectivity index is 1.53. The van der Waals surface area contributed by atoms with Crippen molar-refractivity contribution in [3.05, 3.63) is 76.6 Å². The van der Waals surface area contributed by atoms with E-state index in [0.29, 0.717) is 31.7 Å². The van der Waals surface area contributed by atoms with Crippen LogP contribution >= 0.6 is 0 Å². The van der Waals surface area contributed by atoms with E-state index in [-0.39, 0.29) is 39.5 Å². The van der Waals surface area contributed by atoms with Crippen molar-refractivity contribution in [1.29, 1.82) is 0 Å². The summed E-state index contributed by atoms with van der Waals surface area (Å²) in [6.45, 7) is 2.43. The van der Waals surface area contributed by atoms with Gasteiger partial charge in [-0.1, -0.05) is 6.07 Å². The van der Waals surface area contributed by atoms with Gasteiger partial charge in [-0.2, -0.15) is 13.2 Å². The molecule has 1 atom stereocenters. The Morgan fingerprint density at radius 2 is 1.89 bits per heavy atom. The number of halogens is 4. The summed E-state index contributed by atoms with van der Waals surface area (Å²) in [6.07, 6.45) is -0.364. The fourth-order valence-electron chi connectivity index (χ4n) is 4.54. The highest BCUT2D eigenvalue weighted by Gasteiger charge is 2.37. The second-order valence-electron chi connectivity index (χ2n) is 9.37. The molecule has 38 heavy (non-hydrogen) atoms. The zero-order chi connectivity index (χ0) is 27.0. The summed E-state index contributed by atoms with van der Waals surface area (Å²) in [5.74, 6) is -2.12. The van der Waals surface area contributed by atoms with Gasteiger partial charge in [0.25, 0.3) is 5.56 Å². The molecule has 7 nitrogen and oxygen atoms in total. The average Bonchev–Trinajstić information content (AvgIpc) is 2.89. The van der Waals surface area contributed by atoms with Crippen LogP contribution in [0.2, 0.25) is 0 Å². The maximum Gasteiger partial charge on any atom is 0.395 e. The first-order chi connectivity index (χ1) is 18.1. The van der Waals surface area contributed by atoms with E-state index in [9.17, 15) is 27.5 Å². The topological polar surface area (TPSA) is 94.1 Å². The standard InChI is InChI=1S/C27H25F4N5O2/c1-15(27(29,30)31)16-2-4-20(28)19(12-16)22-13-23(25-21(34-22)6-9-32-26(25)38)35-24-5-3-17(14-33-24)36-10-7-18(37)8-11-36/h2-6,9,12-15,18,37H,7-8,10-11H2,1H3,(H,32,38)(H,33,34,35). The molecule has 0 spiro atoms. The Morgan fingerprint density at radius 1 is 1.13 bits per heavy atom. The van der Waals surface area contributed by atoms with Crippen LogP contribution in [0.1, 0.15) is 31.2 Å². The number of H-pyrrole nitrogens is 1. The predicted molar refractivity (Wildman–Crippen MR) is 137 cm³/mol. The molecular weight excluding hydrogens is 502 g/mol. The van der Waals surface area contributed by atoms with Crippen LogP contribution < -0.4 is 15.8 Å². The van der Waals surface area contributed by atoms with Crippen LogP contribution in [-0.2, 0) is 0 Å². The number of rotatable bonds is 5. The number of piperidine rings is 1. The van der Waals surface area contributed by atoms with Crippen molar-refractivity contribution in [2.75, 3.05) is 23.3 Å². The quantitative estimate of drug-likeness (QED) is 0.297. The molecule has 5 rings (SSSR count). The Hall–Kier alpha value is -3.99. The van der Waals surface area contributed by atoms with Crippen molar-refractivity contribution in [1.82, 2.24) is 15.0 Å². The Morgan fingerprint density at radius 3 is 2.58 bits per heavy atom. The molecule has 1 aliphatic heterocycles. The van der Waals surface area contributed by atoms with Crippen LogP contribution in [-0.4, -0.2) is 45.4 Å². The van der Waals surface area contributed by atoms with Gasteiger partial charge in [0.05, 0.1) is 46.2 Å². The minimum Gasteiger partial charge on any atom is -0.393 e. The SMILES string of the molecule is CC(c1ccc(F)c(-c2cc(Nc3ccc(N4CCC(O)CC4)cn3)c3c(=O)[nH]ccc3n2)c1)C(F)(F)F. The molecule has 0 amide bonds. The number of aromatic amines is 1. The monoisotopic (exact) mass is 527 g/mol. The molecule has 198 valence electrons. The Kier molecular flexibility index (Phi) is 6.78. The number of nitrogens with one attached hydrogen (secondary N) is 2. The minimum absolute atomic E-state index is 0.0721. The third-order valence-corrected chi connectivity index (χ3v) is 6.83. The van der Waals surface area contributed by atoms with Crippen molar-refractivity contribution in [3.8, 4) is 11.3 Å². The van der Waals surface area contributed by atoms with E-state index < -0.39 is 23.5 Å². The number of aliphatic hydroxyl groups excluding tert-OH is 1. The van der Waals surface area contributed by atoms with Gasteiger partial charge in [-0.25, -0.2) is 14.4 Å². The van der Waals surface area contributed by atoms with E-state index in [0.717, 1.165) is 30.8 Å². The molecule has 4 aromatic rings. The maximum absolute atomic E-state index is 14.9. The largest absolute Gasteiger partial charge is 0.395 e. The van der Waals surface area contributed by atoms with E-state index >= 15 is 0 Å². The van der Waals surface area contributed by atoms with Crippen LogP contribution in [0, 0.1) is 5.82 Å². The molecule has 1 fully saturated rings. The molecule has 3 aromatic heterocycles. The zero-order valence-electron chi connectivity index (χ0n) is 20.4. The van der Waals surface area contributed by atoms with Gasteiger partial charge in [-0.3, -0.25) is 4.79 Å². The van der Waals surface area contributed by atoms with Crippen molar-refractivity contribution in [3.63, 3.8) is 0 Å².